The maximum Gasteiger partial charge on any atom is 0.325 e. The van der Waals surface area contributed by atoms with E-state index in [1.54, 1.807) is 0 Å². The van der Waals surface area contributed by atoms with Crippen LogP contribution < -0.4 is 5.32 Å². The molecule has 1 aromatic rings. The molecule has 160 valence electrons. The van der Waals surface area contributed by atoms with E-state index in [4.69, 9.17) is 0 Å². The molecular formula is C24H30N2O4. The number of hydrogen-bond acceptors (Lipinski definition) is 4. The molecule has 1 aliphatic carbocycles. The predicted molar refractivity (Wildman–Crippen MR) is 113 cm³/mol. The molecule has 1 saturated carbocycles. The van der Waals surface area contributed by atoms with E-state index in [2.05, 4.69) is 5.32 Å². The number of carboxylic acids is 1. The Kier molecular flexibility index (Phi) is 5.53. The fourth-order valence-corrected chi connectivity index (χ4v) is 5.62. The molecule has 1 aromatic carbocycles. The molecule has 0 bridgehead atoms. The van der Waals surface area contributed by atoms with E-state index in [-0.39, 0.29) is 23.8 Å². The SMILES string of the molecule is CC(C)C1(C(=O)O)NC(/C=C/c2ccccc2)C2C(=O)N(C3CCCCC3)C(=O)C21. The van der Waals surface area contributed by atoms with Gasteiger partial charge in [0.15, 0.2) is 0 Å². The Labute approximate surface area is 177 Å². The molecule has 2 N–H and O–H groups in total. The van der Waals surface area contributed by atoms with Gasteiger partial charge in [0.2, 0.25) is 11.8 Å². The molecule has 4 atom stereocenters. The minimum absolute atomic E-state index is 0.0956. The van der Waals surface area contributed by atoms with Crippen molar-refractivity contribution < 1.29 is 19.5 Å². The number of nitrogens with one attached hydrogen (secondary N) is 1. The number of carbonyl (C=O) groups is 3. The van der Waals surface area contributed by atoms with Crippen LogP contribution in [0.25, 0.3) is 6.08 Å². The number of amides is 2. The maximum absolute atomic E-state index is 13.5. The fraction of sp³-hybridized carbons (Fsp3) is 0.542. The minimum Gasteiger partial charge on any atom is -0.480 e. The number of carboxylic acid groups (broad SMARTS) is 1. The summed E-state index contributed by atoms with van der Waals surface area (Å²) in [7, 11) is 0. The minimum atomic E-state index is -1.45. The van der Waals surface area contributed by atoms with Gasteiger partial charge in [0.05, 0.1) is 11.8 Å². The molecule has 2 saturated heterocycles. The highest BCUT2D eigenvalue weighted by atomic mass is 16.4. The fourth-order valence-electron chi connectivity index (χ4n) is 5.62. The third-order valence-corrected chi connectivity index (χ3v) is 7.17. The number of benzene rings is 1. The molecule has 2 amide bonds. The molecule has 0 aromatic heterocycles. The standard InChI is InChI=1S/C24H30N2O4/c1-15(2)24(23(29)30)20-19(18(25-24)14-13-16-9-5-3-6-10-16)21(27)26(22(20)28)17-11-7-4-8-12-17/h3,5-6,9-10,13-15,17-20,25H,4,7-8,11-12H2,1-2H3,(H,29,30)/b14-13+. The summed E-state index contributed by atoms with van der Waals surface area (Å²) in [5.74, 6) is -3.49. The van der Waals surface area contributed by atoms with Crippen molar-refractivity contribution in [3.8, 4) is 0 Å². The quantitative estimate of drug-likeness (QED) is 0.729. The van der Waals surface area contributed by atoms with Gasteiger partial charge >= 0.3 is 5.97 Å². The van der Waals surface area contributed by atoms with E-state index in [9.17, 15) is 19.5 Å². The third-order valence-electron chi connectivity index (χ3n) is 7.17. The average Bonchev–Trinajstić information content (AvgIpc) is 3.22. The van der Waals surface area contributed by atoms with Crippen molar-refractivity contribution in [3.63, 3.8) is 0 Å². The molecule has 4 rings (SSSR count). The second-order valence-corrected chi connectivity index (χ2v) is 9.11. The van der Waals surface area contributed by atoms with Crippen molar-refractivity contribution in [1.82, 2.24) is 10.2 Å². The number of likely N-dealkylation sites (tertiary alicyclic amines) is 1. The van der Waals surface area contributed by atoms with Crippen molar-refractivity contribution in [2.75, 3.05) is 0 Å². The number of carbonyl (C=O) groups excluding carboxylic acids is 2. The monoisotopic (exact) mass is 410 g/mol. The number of imide groups is 1. The van der Waals surface area contributed by atoms with Crippen LogP contribution in [0.4, 0.5) is 0 Å². The summed E-state index contributed by atoms with van der Waals surface area (Å²) < 4.78 is 0. The van der Waals surface area contributed by atoms with Gasteiger partial charge in [0.25, 0.3) is 0 Å². The maximum atomic E-state index is 13.5. The van der Waals surface area contributed by atoms with Crippen LogP contribution in [0.3, 0.4) is 0 Å². The van der Waals surface area contributed by atoms with Crippen molar-refractivity contribution in [2.45, 2.75) is 63.6 Å². The van der Waals surface area contributed by atoms with Crippen LogP contribution in [0.5, 0.6) is 0 Å². The molecule has 3 fully saturated rings. The van der Waals surface area contributed by atoms with Gasteiger partial charge in [-0.3, -0.25) is 24.6 Å². The number of nitrogens with zero attached hydrogens (tertiary/aromatic N) is 1. The molecule has 30 heavy (non-hydrogen) atoms. The number of hydrogen-bond donors (Lipinski definition) is 2. The van der Waals surface area contributed by atoms with Gasteiger partial charge < -0.3 is 5.11 Å². The Bertz CT molecular complexity index is 859. The number of aliphatic carboxylic acids is 1. The zero-order valence-electron chi connectivity index (χ0n) is 17.6. The number of fused-ring (bicyclic) bond motifs is 1. The zero-order valence-corrected chi connectivity index (χ0v) is 17.6. The molecular weight excluding hydrogens is 380 g/mol. The molecule has 0 radical (unpaired) electrons. The number of rotatable bonds is 5. The highest BCUT2D eigenvalue weighted by Gasteiger charge is 2.69. The molecule has 4 unspecified atom stereocenters. The van der Waals surface area contributed by atoms with E-state index in [0.29, 0.717) is 0 Å². The average molecular weight is 411 g/mol. The Morgan fingerprint density at radius 3 is 2.40 bits per heavy atom. The second kappa shape index (κ2) is 7.99. The summed E-state index contributed by atoms with van der Waals surface area (Å²) in [5, 5.41) is 13.4. The van der Waals surface area contributed by atoms with E-state index >= 15 is 0 Å². The highest BCUT2D eigenvalue weighted by Crippen LogP contribution is 2.48. The Morgan fingerprint density at radius 1 is 1.13 bits per heavy atom. The van der Waals surface area contributed by atoms with Crippen LogP contribution in [0.15, 0.2) is 36.4 Å². The predicted octanol–water partition coefficient (Wildman–Crippen LogP) is 3.08. The summed E-state index contributed by atoms with van der Waals surface area (Å²) >= 11 is 0. The third kappa shape index (κ3) is 3.18. The van der Waals surface area contributed by atoms with Crippen LogP contribution in [0.1, 0.15) is 51.5 Å². The van der Waals surface area contributed by atoms with Gasteiger partial charge in [-0.2, -0.15) is 0 Å². The lowest BCUT2D eigenvalue weighted by molar-refractivity contribution is -0.154. The summed E-state index contributed by atoms with van der Waals surface area (Å²) in [4.78, 5) is 40.9. The van der Waals surface area contributed by atoms with Crippen LogP contribution in [-0.2, 0) is 14.4 Å². The first kappa shape index (κ1) is 20.8. The molecule has 6 nitrogen and oxygen atoms in total. The summed E-state index contributed by atoms with van der Waals surface area (Å²) in [5.41, 5.74) is -0.485. The molecule has 6 heteroatoms. The Hall–Kier alpha value is -2.47. The molecule has 3 aliphatic rings. The van der Waals surface area contributed by atoms with Crippen molar-refractivity contribution in [2.24, 2.45) is 17.8 Å². The summed E-state index contributed by atoms with van der Waals surface area (Å²) in [6.07, 6.45) is 8.51. The van der Waals surface area contributed by atoms with Gasteiger partial charge in [-0.05, 0) is 24.3 Å². The van der Waals surface area contributed by atoms with Gasteiger partial charge in [-0.25, -0.2) is 0 Å². The lowest BCUT2D eigenvalue weighted by Crippen LogP contribution is -2.60. The zero-order chi connectivity index (χ0) is 21.5. The molecule has 2 heterocycles. The lowest BCUT2D eigenvalue weighted by Gasteiger charge is -2.36. The van der Waals surface area contributed by atoms with Crippen molar-refractivity contribution >= 4 is 23.9 Å². The summed E-state index contributed by atoms with van der Waals surface area (Å²) in [6, 6.07) is 9.08. The summed E-state index contributed by atoms with van der Waals surface area (Å²) in [6.45, 7) is 3.62. The van der Waals surface area contributed by atoms with Crippen LogP contribution in [0.2, 0.25) is 0 Å². The van der Waals surface area contributed by atoms with Crippen LogP contribution >= 0.6 is 0 Å². The van der Waals surface area contributed by atoms with Crippen molar-refractivity contribution in [3.05, 3.63) is 42.0 Å². The normalized spacial score (nSPS) is 32.4. The first-order chi connectivity index (χ1) is 14.4. The van der Waals surface area contributed by atoms with Gasteiger partial charge in [0, 0.05) is 12.1 Å². The largest absolute Gasteiger partial charge is 0.480 e. The Morgan fingerprint density at radius 2 is 1.80 bits per heavy atom. The van der Waals surface area contributed by atoms with E-state index in [1.165, 1.54) is 4.90 Å². The van der Waals surface area contributed by atoms with Crippen molar-refractivity contribution in [1.29, 1.82) is 0 Å². The molecule has 2 aliphatic heterocycles. The van der Waals surface area contributed by atoms with Crippen LogP contribution in [-0.4, -0.2) is 45.4 Å². The smallest absolute Gasteiger partial charge is 0.325 e. The van der Waals surface area contributed by atoms with Crippen LogP contribution in [0, 0.1) is 17.8 Å². The van der Waals surface area contributed by atoms with E-state index in [0.717, 1.165) is 37.7 Å². The second-order valence-electron chi connectivity index (χ2n) is 9.11. The first-order valence-electron chi connectivity index (χ1n) is 11.0. The lowest BCUT2D eigenvalue weighted by atomic mass is 9.73. The van der Waals surface area contributed by atoms with E-state index < -0.39 is 29.4 Å². The topological polar surface area (TPSA) is 86.7 Å². The highest BCUT2D eigenvalue weighted by molar-refractivity contribution is 6.10. The van der Waals surface area contributed by atoms with Gasteiger partial charge in [-0.15, -0.1) is 0 Å². The molecule has 0 spiro atoms. The first-order valence-corrected chi connectivity index (χ1v) is 11.0. The van der Waals surface area contributed by atoms with E-state index in [1.807, 2.05) is 56.3 Å². The van der Waals surface area contributed by atoms with Gasteiger partial charge in [0.1, 0.15) is 5.54 Å². The van der Waals surface area contributed by atoms with Gasteiger partial charge in [-0.1, -0.05) is 75.6 Å². The Balaban J connectivity index is 1.73.